The fraction of sp³-hybridized carbons (Fsp3) is 0.583. The molecule has 0 atom stereocenters. The molecule has 19 heavy (non-hydrogen) atoms. The summed E-state index contributed by atoms with van der Waals surface area (Å²) in [5, 5.41) is 7.81. The third-order valence-electron chi connectivity index (χ3n) is 2.61. The highest BCUT2D eigenvalue weighted by Crippen LogP contribution is 2.28. The number of hydrogen-bond donors (Lipinski definition) is 2. The van der Waals surface area contributed by atoms with Gasteiger partial charge in [-0.1, -0.05) is 0 Å². The smallest absolute Gasteiger partial charge is 0.317 e. The Morgan fingerprint density at radius 1 is 1.47 bits per heavy atom. The van der Waals surface area contributed by atoms with Crippen molar-refractivity contribution in [2.45, 2.75) is 26.2 Å². The number of ether oxygens (including phenoxy) is 1. The molecule has 0 aliphatic carbocycles. The first kappa shape index (κ1) is 15.4. The van der Waals surface area contributed by atoms with Gasteiger partial charge in [0.25, 0.3) is 0 Å². The van der Waals surface area contributed by atoms with E-state index in [0.29, 0.717) is 17.4 Å². The Hall–Kier alpha value is -1.63. The zero-order valence-electron chi connectivity index (χ0n) is 11.6. The number of nitrogens with one attached hydrogen (secondary N) is 2. The molecule has 0 saturated carbocycles. The molecule has 0 fully saturated rings. The van der Waals surface area contributed by atoms with E-state index in [4.69, 9.17) is 4.74 Å². The van der Waals surface area contributed by atoms with E-state index in [0.717, 1.165) is 0 Å². The number of hydrogen-bond acceptors (Lipinski definition) is 6. The van der Waals surface area contributed by atoms with Crippen LogP contribution < -0.4 is 10.6 Å². The van der Waals surface area contributed by atoms with E-state index in [1.54, 1.807) is 33.2 Å². The standard InChI is InChI=1S/C12H19N3O3S/c1-5-18-10(17)12(2,3)8-7-19-11(15-8)14-6-9(16)13-4/h7H,5-6H2,1-4H3,(H,13,16)(H,14,15). The third-order valence-corrected chi connectivity index (χ3v) is 3.41. The van der Waals surface area contributed by atoms with Gasteiger partial charge in [-0.2, -0.15) is 0 Å². The fourth-order valence-corrected chi connectivity index (χ4v) is 2.18. The van der Waals surface area contributed by atoms with E-state index >= 15 is 0 Å². The van der Waals surface area contributed by atoms with Crippen molar-refractivity contribution >= 4 is 28.3 Å². The zero-order chi connectivity index (χ0) is 14.5. The maximum Gasteiger partial charge on any atom is 0.317 e. The van der Waals surface area contributed by atoms with Crippen LogP contribution >= 0.6 is 11.3 Å². The summed E-state index contributed by atoms with van der Waals surface area (Å²) in [7, 11) is 1.57. The van der Waals surface area contributed by atoms with Crippen LogP contribution in [0, 0.1) is 0 Å². The molecule has 6 nitrogen and oxygen atoms in total. The van der Waals surface area contributed by atoms with Crippen molar-refractivity contribution in [3.8, 4) is 0 Å². The highest BCUT2D eigenvalue weighted by molar-refractivity contribution is 7.13. The van der Waals surface area contributed by atoms with Gasteiger partial charge in [0.2, 0.25) is 5.91 Å². The average Bonchev–Trinajstić information content (AvgIpc) is 2.85. The predicted molar refractivity (Wildman–Crippen MR) is 74.3 cm³/mol. The fourth-order valence-electron chi connectivity index (χ4n) is 1.30. The van der Waals surface area contributed by atoms with Gasteiger partial charge in [-0.25, -0.2) is 4.98 Å². The summed E-state index contributed by atoms with van der Waals surface area (Å²) in [6.45, 7) is 5.80. The maximum atomic E-state index is 11.8. The second-order valence-corrected chi connectivity index (χ2v) is 5.27. The van der Waals surface area contributed by atoms with Crippen LogP contribution in [0.1, 0.15) is 26.5 Å². The van der Waals surface area contributed by atoms with Crippen molar-refractivity contribution in [3.05, 3.63) is 11.1 Å². The summed E-state index contributed by atoms with van der Waals surface area (Å²) in [6.07, 6.45) is 0. The van der Waals surface area contributed by atoms with Crippen molar-refractivity contribution in [3.63, 3.8) is 0 Å². The van der Waals surface area contributed by atoms with Gasteiger partial charge in [0.05, 0.1) is 18.8 Å². The quantitative estimate of drug-likeness (QED) is 0.766. The lowest BCUT2D eigenvalue weighted by Gasteiger charge is -2.19. The predicted octanol–water partition coefficient (Wildman–Crippen LogP) is 1.14. The molecule has 0 aliphatic rings. The molecule has 1 aromatic rings. The highest BCUT2D eigenvalue weighted by Gasteiger charge is 2.33. The summed E-state index contributed by atoms with van der Waals surface area (Å²) < 4.78 is 5.03. The van der Waals surface area contributed by atoms with Gasteiger partial charge < -0.3 is 15.4 Å². The molecule has 1 rings (SSSR count). The summed E-state index contributed by atoms with van der Waals surface area (Å²) in [5.74, 6) is -0.431. The van der Waals surface area contributed by atoms with E-state index in [1.165, 1.54) is 11.3 Å². The molecule has 0 aromatic carbocycles. The molecule has 1 amide bonds. The second-order valence-electron chi connectivity index (χ2n) is 4.41. The molecule has 106 valence electrons. The molecule has 1 aromatic heterocycles. The number of thiazole rings is 1. The van der Waals surface area contributed by atoms with E-state index < -0.39 is 5.41 Å². The number of likely N-dealkylation sites (N-methyl/N-ethyl adjacent to an activating group) is 1. The normalized spacial score (nSPS) is 10.9. The van der Waals surface area contributed by atoms with E-state index in [9.17, 15) is 9.59 Å². The lowest BCUT2D eigenvalue weighted by atomic mass is 9.90. The number of esters is 1. The van der Waals surface area contributed by atoms with Gasteiger partial charge in [0, 0.05) is 12.4 Å². The lowest BCUT2D eigenvalue weighted by molar-refractivity contribution is -0.148. The van der Waals surface area contributed by atoms with Crippen LogP contribution in [0.3, 0.4) is 0 Å². The van der Waals surface area contributed by atoms with Crippen molar-refractivity contribution in [2.24, 2.45) is 0 Å². The molecule has 0 saturated heterocycles. The van der Waals surface area contributed by atoms with Crippen molar-refractivity contribution in [2.75, 3.05) is 25.5 Å². The topological polar surface area (TPSA) is 80.3 Å². The van der Waals surface area contributed by atoms with Crippen LogP contribution in [0.2, 0.25) is 0 Å². The van der Waals surface area contributed by atoms with Gasteiger partial charge in [0.15, 0.2) is 5.13 Å². The van der Waals surface area contributed by atoms with Crippen LogP contribution in [0.4, 0.5) is 5.13 Å². The van der Waals surface area contributed by atoms with Gasteiger partial charge >= 0.3 is 5.97 Å². The highest BCUT2D eigenvalue weighted by atomic mass is 32.1. The minimum absolute atomic E-state index is 0.124. The molecule has 0 bridgehead atoms. The number of amides is 1. The molecular weight excluding hydrogens is 266 g/mol. The molecule has 7 heteroatoms. The third kappa shape index (κ3) is 3.92. The first-order valence-corrected chi connectivity index (χ1v) is 6.87. The van der Waals surface area contributed by atoms with Gasteiger partial charge in [-0.05, 0) is 20.8 Å². The molecule has 2 N–H and O–H groups in total. The van der Waals surface area contributed by atoms with Crippen molar-refractivity contribution < 1.29 is 14.3 Å². The van der Waals surface area contributed by atoms with Crippen LogP contribution in [-0.2, 0) is 19.7 Å². The number of anilines is 1. The van der Waals surface area contributed by atoms with Gasteiger partial charge in [-0.15, -0.1) is 11.3 Å². The number of carbonyl (C=O) groups is 2. The number of rotatable bonds is 6. The Labute approximate surface area is 116 Å². The Morgan fingerprint density at radius 3 is 2.74 bits per heavy atom. The summed E-state index contributed by atoms with van der Waals surface area (Å²) in [4.78, 5) is 27.3. The first-order chi connectivity index (χ1) is 8.91. The first-order valence-electron chi connectivity index (χ1n) is 5.99. The Balaban J connectivity index is 2.72. The van der Waals surface area contributed by atoms with Crippen LogP contribution in [0.15, 0.2) is 5.38 Å². The van der Waals surface area contributed by atoms with Gasteiger partial charge in [0.1, 0.15) is 5.41 Å². The minimum Gasteiger partial charge on any atom is -0.465 e. The van der Waals surface area contributed by atoms with Crippen molar-refractivity contribution in [1.29, 1.82) is 0 Å². The zero-order valence-corrected chi connectivity index (χ0v) is 12.4. The van der Waals surface area contributed by atoms with Crippen molar-refractivity contribution in [1.82, 2.24) is 10.3 Å². The van der Waals surface area contributed by atoms with E-state index in [2.05, 4.69) is 15.6 Å². The summed E-state index contributed by atoms with van der Waals surface area (Å²) in [6, 6.07) is 0. The van der Waals surface area contributed by atoms with E-state index in [-0.39, 0.29) is 18.4 Å². The molecule has 0 spiro atoms. The monoisotopic (exact) mass is 285 g/mol. The number of nitrogens with zero attached hydrogens (tertiary/aromatic N) is 1. The number of aromatic nitrogens is 1. The summed E-state index contributed by atoms with van der Waals surface area (Å²) >= 11 is 1.35. The van der Waals surface area contributed by atoms with E-state index in [1.807, 2.05) is 0 Å². The lowest BCUT2D eigenvalue weighted by Crippen LogP contribution is -2.31. The molecular formula is C12H19N3O3S. The Morgan fingerprint density at radius 2 is 2.16 bits per heavy atom. The SMILES string of the molecule is CCOC(=O)C(C)(C)c1csc(NCC(=O)NC)n1. The van der Waals surface area contributed by atoms with Gasteiger partial charge in [-0.3, -0.25) is 9.59 Å². The average molecular weight is 285 g/mol. The largest absolute Gasteiger partial charge is 0.465 e. The molecule has 0 unspecified atom stereocenters. The van der Waals surface area contributed by atoms with Crippen LogP contribution in [-0.4, -0.2) is 37.1 Å². The Bertz CT molecular complexity index is 457. The second kappa shape index (κ2) is 6.51. The minimum atomic E-state index is -0.792. The summed E-state index contributed by atoms with van der Waals surface area (Å²) in [5.41, 5.74) is -0.158. The van der Waals surface area contributed by atoms with Crippen LogP contribution in [0.5, 0.6) is 0 Å². The molecule has 0 aliphatic heterocycles. The maximum absolute atomic E-state index is 11.8. The molecule has 1 heterocycles. The van der Waals surface area contributed by atoms with Crippen LogP contribution in [0.25, 0.3) is 0 Å². The number of carbonyl (C=O) groups excluding carboxylic acids is 2. The Kier molecular flexibility index (Phi) is 5.29. The molecule has 0 radical (unpaired) electrons.